The van der Waals surface area contributed by atoms with E-state index in [1.54, 1.807) is 36.4 Å². The van der Waals surface area contributed by atoms with E-state index in [0.29, 0.717) is 5.56 Å². The van der Waals surface area contributed by atoms with Gasteiger partial charge in [-0.25, -0.2) is 13.1 Å². The number of benzene rings is 2. The van der Waals surface area contributed by atoms with Crippen LogP contribution in [-0.4, -0.2) is 18.2 Å². The molecule has 0 unspecified atom stereocenters. The third-order valence-corrected chi connectivity index (χ3v) is 6.37. The van der Waals surface area contributed by atoms with Gasteiger partial charge in [0.2, 0.25) is 9.84 Å². The van der Waals surface area contributed by atoms with E-state index in [2.05, 4.69) is 5.10 Å². The highest BCUT2D eigenvalue weighted by atomic mass is 35.5. The summed E-state index contributed by atoms with van der Waals surface area (Å²) in [7, 11) is -3.59. The van der Waals surface area contributed by atoms with Crippen LogP contribution in [0.15, 0.2) is 69.3 Å². The van der Waals surface area contributed by atoms with Crippen molar-refractivity contribution in [2.75, 3.05) is 0 Å². The van der Waals surface area contributed by atoms with Crippen molar-refractivity contribution in [2.45, 2.75) is 23.3 Å². The molecule has 0 radical (unpaired) electrons. The van der Waals surface area contributed by atoms with Crippen molar-refractivity contribution in [3.8, 4) is 0 Å². The molecular formula is C18H14Cl2N2O3S. The van der Waals surface area contributed by atoms with Gasteiger partial charge in [-0.3, -0.25) is 4.79 Å². The lowest BCUT2D eigenvalue weighted by atomic mass is 10.2. The predicted molar refractivity (Wildman–Crippen MR) is 101 cm³/mol. The molecular weight excluding hydrogens is 395 g/mol. The van der Waals surface area contributed by atoms with Gasteiger partial charge in [0.05, 0.1) is 27.6 Å². The number of hydrogen-bond donors (Lipinski definition) is 0. The van der Waals surface area contributed by atoms with Gasteiger partial charge in [0, 0.05) is 0 Å². The number of rotatable bonds is 4. The van der Waals surface area contributed by atoms with E-state index in [1.165, 1.54) is 18.3 Å². The van der Waals surface area contributed by atoms with Crippen LogP contribution in [0.1, 0.15) is 11.1 Å². The maximum atomic E-state index is 12.7. The monoisotopic (exact) mass is 408 g/mol. The summed E-state index contributed by atoms with van der Waals surface area (Å²) >= 11 is 11.6. The number of nitrogens with zero attached hydrogens (tertiary/aromatic N) is 2. The molecule has 1 aromatic heterocycles. The molecule has 1 heterocycles. The molecule has 0 bridgehead atoms. The fourth-order valence-electron chi connectivity index (χ4n) is 2.36. The standard InChI is InChI=1S/C18H14Cl2N2O3S/c1-12-2-6-14(7-3-12)26(24,25)15-8-4-13(5-9-15)11-22-18(23)17(20)16(19)10-21-22/h2-10H,11H2,1H3. The Kier molecular flexibility index (Phi) is 5.18. The average molecular weight is 409 g/mol. The highest BCUT2D eigenvalue weighted by Crippen LogP contribution is 2.22. The van der Waals surface area contributed by atoms with Crippen LogP contribution in [0, 0.1) is 6.92 Å². The largest absolute Gasteiger partial charge is 0.287 e. The number of aromatic nitrogens is 2. The van der Waals surface area contributed by atoms with Gasteiger partial charge in [-0.15, -0.1) is 0 Å². The molecule has 0 aliphatic carbocycles. The molecule has 0 atom stereocenters. The van der Waals surface area contributed by atoms with Gasteiger partial charge in [0.1, 0.15) is 5.02 Å². The van der Waals surface area contributed by atoms with Gasteiger partial charge in [-0.05, 0) is 36.8 Å². The second-order valence-corrected chi connectivity index (χ2v) is 8.46. The highest BCUT2D eigenvalue weighted by molar-refractivity contribution is 7.91. The Morgan fingerprint density at radius 2 is 1.50 bits per heavy atom. The first-order chi connectivity index (χ1) is 12.3. The van der Waals surface area contributed by atoms with Crippen LogP contribution < -0.4 is 5.56 Å². The fourth-order valence-corrected chi connectivity index (χ4v) is 3.89. The molecule has 0 saturated heterocycles. The molecule has 0 saturated carbocycles. The SMILES string of the molecule is Cc1ccc(S(=O)(=O)c2ccc(Cn3ncc(Cl)c(Cl)c3=O)cc2)cc1. The molecule has 0 amide bonds. The minimum absolute atomic E-state index is 0.0902. The lowest BCUT2D eigenvalue weighted by Crippen LogP contribution is -2.23. The van der Waals surface area contributed by atoms with E-state index in [1.807, 2.05) is 6.92 Å². The summed E-state index contributed by atoms with van der Waals surface area (Å²) < 4.78 is 26.5. The summed E-state index contributed by atoms with van der Waals surface area (Å²) in [6.45, 7) is 2.05. The van der Waals surface area contributed by atoms with E-state index in [4.69, 9.17) is 23.2 Å². The van der Waals surface area contributed by atoms with Crippen LogP contribution in [0.25, 0.3) is 0 Å². The molecule has 3 rings (SSSR count). The normalized spacial score (nSPS) is 11.5. The van der Waals surface area contributed by atoms with Crippen LogP contribution in [0.5, 0.6) is 0 Å². The van der Waals surface area contributed by atoms with Crippen LogP contribution >= 0.6 is 23.2 Å². The second-order valence-electron chi connectivity index (χ2n) is 5.73. The fraction of sp³-hybridized carbons (Fsp3) is 0.111. The number of halogens is 2. The van der Waals surface area contributed by atoms with Crippen molar-refractivity contribution in [3.63, 3.8) is 0 Å². The van der Waals surface area contributed by atoms with Crippen molar-refractivity contribution in [1.29, 1.82) is 0 Å². The van der Waals surface area contributed by atoms with Crippen LogP contribution in [0.3, 0.4) is 0 Å². The predicted octanol–water partition coefficient (Wildman–Crippen LogP) is 3.74. The minimum atomic E-state index is -3.59. The Labute approximate surface area is 160 Å². The second kappa shape index (κ2) is 7.23. The van der Waals surface area contributed by atoms with Crippen molar-refractivity contribution < 1.29 is 8.42 Å². The molecule has 26 heavy (non-hydrogen) atoms. The summed E-state index contributed by atoms with van der Waals surface area (Å²) in [6, 6.07) is 13.0. The average Bonchev–Trinajstić information content (AvgIpc) is 2.63. The summed E-state index contributed by atoms with van der Waals surface area (Å²) in [4.78, 5) is 12.4. The molecule has 3 aromatic rings. The summed E-state index contributed by atoms with van der Waals surface area (Å²) in [5, 5.41) is 3.92. The lowest BCUT2D eigenvalue weighted by molar-refractivity contribution is 0.596. The van der Waals surface area contributed by atoms with Crippen molar-refractivity contribution >= 4 is 33.0 Å². The summed E-state index contributed by atoms with van der Waals surface area (Å²) in [6.07, 6.45) is 1.29. The zero-order valence-corrected chi connectivity index (χ0v) is 16.0. The zero-order valence-electron chi connectivity index (χ0n) is 13.7. The maximum Gasteiger partial charge on any atom is 0.287 e. The van der Waals surface area contributed by atoms with E-state index in [-0.39, 0.29) is 26.4 Å². The van der Waals surface area contributed by atoms with Crippen molar-refractivity contribution in [2.24, 2.45) is 0 Å². The molecule has 0 aliphatic heterocycles. The molecule has 0 spiro atoms. The molecule has 134 valence electrons. The highest BCUT2D eigenvalue weighted by Gasteiger charge is 2.17. The smallest absolute Gasteiger partial charge is 0.266 e. The number of sulfone groups is 1. The van der Waals surface area contributed by atoms with Crippen LogP contribution in [0.4, 0.5) is 0 Å². The first kappa shape index (κ1) is 18.6. The van der Waals surface area contributed by atoms with Crippen molar-refractivity contribution in [1.82, 2.24) is 9.78 Å². The summed E-state index contributed by atoms with van der Waals surface area (Å²) in [5.41, 5.74) is 1.19. The van der Waals surface area contributed by atoms with Gasteiger partial charge in [-0.2, -0.15) is 5.10 Å². The first-order valence-electron chi connectivity index (χ1n) is 7.61. The Bertz CT molecular complexity index is 1110. The van der Waals surface area contributed by atoms with Gasteiger partial charge in [0.25, 0.3) is 5.56 Å². The van der Waals surface area contributed by atoms with Crippen LogP contribution in [0.2, 0.25) is 10.0 Å². The zero-order chi connectivity index (χ0) is 18.9. The van der Waals surface area contributed by atoms with E-state index < -0.39 is 15.4 Å². The summed E-state index contributed by atoms with van der Waals surface area (Å²) in [5.74, 6) is 0. The molecule has 0 aliphatic rings. The Hall–Kier alpha value is -2.15. The van der Waals surface area contributed by atoms with Gasteiger partial charge >= 0.3 is 0 Å². The molecule has 0 N–H and O–H groups in total. The van der Waals surface area contributed by atoms with Crippen molar-refractivity contribution in [3.05, 3.63) is 86.3 Å². The lowest BCUT2D eigenvalue weighted by Gasteiger charge is -2.08. The quantitative estimate of drug-likeness (QED) is 0.659. The Balaban J connectivity index is 1.88. The molecule has 2 aromatic carbocycles. The van der Waals surface area contributed by atoms with E-state index >= 15 is 0 Å². The van der Waals surface area contributed by atoms with Gasteiger partial charge in [-0.1, -0.05) is 53.0 Å². The van der Waals surface area contributed by atoms with Crippen LogP contribution in [-0.2, 0) is 16.4 Å². The Morgan fingerprint density at radius 3 is 2.08 bits per heavy atom. The molecule has 0 fully saturated rings. The number of aryl methyl sites for hydroxylation is 1. The van der Waals surface area contributed by atoms with Gasteiger partial charge in [0.15, 0.2) is 0 Å². The maximum absolute atomic E-state index is 12.7. The number of hydrogen-bond acceptors (Lipinski definition) is 4. The first-order valence-corrected chi connectivity index (χ1v) is 9.85. The third kappa shape index (κ3) is 3.67. The van der Waals surface area contributed by atoms with E-state index in [0.717, 1.165) is 10.2 Å². The molecule has 5 nitrogen and oxygen atoms in total. The minimum Gasteiger partial charge on any atom is -0.266 e. The topological polar surface area (TPSA) is 69.0 Å². The van der Waals surface area contributed by atoms with Gasteiger partial charge < -0.3 is 0 Å². The Morgan fingerprint density at radius 1 is 0.962 bits per heavy atom. The molecule has 8 heteroatoms. The van der Waals surface area contributed by atoms with E-state index in [9.17, 15) is 13.2 Å². The third-order valence-electron chi connectivity index (χ3n) is 3.84.